The molecule has 0 atom stereocenters. The summed E-state index contributed by atoms with van der Waals surface area (Å²) < 4.78 is 0. The van der Waals surface area contributed by atoms with Crippen molar-refractivity contribution in [1.29, 1.82) is 0 Å². The van der Waals surface area contributed by atoms with Crippen molar-refractivity contribution >= 4 is 29.0 Å². The number of rotatable bonds is 6. The van der Waals surface area contributed by atoms with Crippen LogP contribution in [0.15, 0.2) is 40.9 Å². The average molecular weight is 425 g/mol. The summed E-state index contributed by atoms with van der Waals surface area (Å²) in [7, 11) is 0. The number of aryl methyl sites for hydroxylation is 3. The SMILES string of the molecule is CCc1cnc(N2CCC(c3nc(CSc4ccc(C)c(C)c4)cs3)CC2)nc1. The van der Waals surface area contributed by atoms with Gasteiger partial charge in [-0.2, -0.15) is 0 Å². The van der Waals surface area contributed by atoms with Gasteiger partial charge in [-0.25, -0.2) is 15.0 Å². The van der Waals surface area contributed by atoms with Crippen molar-refractivity contribution < 1.29 is 0 Å². The van der Waals surface area contributed by atoms with E-state index in [1.165, 1.54) is 32.3 Å². The molecule has 3 heterocycles. The fourth-order valence-electron chi connectivity index (χ4n) is 3.56. The molecule has 0 amide bonds. The predicted molar refractivity (Wildman–Crippen MR) is 123 cm³/mol. The van der Waals surface area contributed by atoms with Gasteiger partial charge in [0.25, 0.3) is 0 Å². The summed E-state index contributed by atoms with van der Waals surface area (Å²) in [5.41, 5.74) is 5.10. The zero-order chi connectivity index (χ0) is 20.2. The molecule has 0 saturated carbocycles. The Kier molecular flexibility index (Phi) is 6.50. The molecule has 0 radical (unpaired) electrons. The van der Waals surface area contributed by atoms with E-state index in [1.807, 2.05) is 35.5 Å². The van der Waals surface area contributed by atoms with Gasteiger partial charge in [-0.15, -0.1) is 23.1 Å². The van der Waals surface area contributed by atoms with Crippen LogP contribution < -0.4 is 4.90 Å². The predicted octanol–water partition coefficient (Wildman–Crippen LogP) is 5.79. The number of hydrogen-bond acceptors (Lipinski definition) is 6. The molecule has 4 rings (SSSR count). The fourth-order valence-corrected chi connectivity index (χ4v) is 5.54. The molecule has 0 aliphatic carbocycles. The Hall–Kier alpha value is -1.92. The molecule has 1 aliphatic rings. The first kappa shape index (κ1) is 20.4. The van der Waals surface area contributed by atoms with E-state index in [2.05, 4.69) is 59.2 Å². The molecule has 2 aromatic heterocycles. The van der Waals surface area contributed by atoms with Gasteiger partial charge in [0.05, 0.1) is 10.7 Å². The molecule has 3 aromatic rings. The first-order valence-corrected chi connectivity index (χ1v) is 12.2. The van der Waals surface area contributed by atoms with Gasteiger partial charge in [-0.3, -0.25) is 0 Å². The van der Waals surface area contributed by atoms with Crippen LogP contribution in [-0.4, -0.2) is 28.0 Å². The van der Waals surface area contributed by atoms with Crippen LogP contribution in [0.2, 0.25) is 0 Å². The summed E-state index contributed by atoms with van der Waals surface area (Å²) in [4.78, 5) is 17.7. The van der Waals surface area contributed by atoms with E-state index in [0.717, 1.165) is 44.1 Å². The van der Waals surface area contributed by atoms with Crippen LogP contribution in [0.3, 0.4) is 0 Å². The van der Waals surface area contributed by atoms with E-state index in [0.29, 0.717) is 5.92 Å². The first-order valence-electron chi connectivity index (χ1n) is 10.3. The Morgan fingerprint density at radius 3 is 2.55 bits per heavy atom. The minimum Gasteiger partial charge on any atom is -0.341 e. The lowest BCUT2D eigenvalue weighted by molar-refractivity contribution is 0.497. The number of aromatic nitrogens is 3. The number of thioether (sulfide) groups is 1. The van der Waals surface area contributed by atoms with Crippen LogP contribution in [0.25, 0.3) is 0 Å². The van der Waals surface area contributed by atoms with E-state index in [9.17, 15) is 0 Å². The molecule has 0 N–H and O–H groups in total. The molecular formula is C23H28N4S2. The topological polar surface area (TPSA) is 41.9 Å². The highest BCUT2D eigenvalue weighted by Crippen LogP contribution is 2.33. The molecule has 152 valence electrons. The minimum atomic E-state index is 0.562. The second kappa shape index (κ2) is 9.26. The van der Waals surface area contributed by atoms with Gasteiger partial charge in [0.1, 0.15) is 0 Å². The van der Waals surface area contributed by atoms with E-state index in [1.54, 1.807) is 0 Å². The van der Waals surface area contributed by atoms with Gasteiger partial charge in [0, 0.05) is 47.4 Å². The van der Waals surface area contributed by atoms with Crippen molar-refractivity contribution in [2.45, 2.75) is 56.6 Å². The van der Waals surface area contributed by atoms with Gasteiger partial charge < -0.3 is 4.90 Å². The second-order valence-corrected chi connectivity index (χ2v) is 9.66. The normalized spacial score (nSPS) is 15.1. The number of nitrogens with zero attached hydrogens (tertiary/aromatic N) is 4. The second-order valence-electron chi connectivity index (χ2n) is 7.72. The summed E-state index contributed by atoms with van der Waals surface area (Å²) >= 11 is 3.70. The Morgan fingerprint density at radius 1 is 1.10 bits per heavy atom. The molecule has 4 nitrogen and oxygen atoms in total. The Labute approximate surface area is 181 Å². The molecule has 0 spiro atoms. The molecular weight excluding hydrogens is 396 g/mol. The number of benzene rings is 1. The van der Waals surface area contributed by atoms with Crippen molar-refractivity contribution in [3.8, 4) is 0 Å². The summed E-state index contributed by atoms with van der Waals surface area (Å²) in [5, 5.41) is 3.53. The maximum absolute atomic E-state index is 4.96. The third-order valence-electron chi connectivity index (χ3n) is 5.66. The highest BCUT2D eigenvalue weighted by Gasteiger charge is 2.24. The van der Waals surface area contributed by atoms with Crippen LogP contribution >= 0.6 is 23.1 Å². The molecule has 1 saturated heterocycles. The zero-order valence-corrected chi connectivity index (χ0v) is 19.0. The third kappa shape index (κ3) is 4.98. The Bertz CT molecular complexity index is 944. The summed E-state index contributed by atoms with van der Waals surface area (Å²) in [6, 6.07) is 6.70. The number of thiazole rings is 1. The van der Waals surface area contributed by atoms with Gasteiger partial charge in [-0.1, -0.05) is 13.0 Å². The van der Waals surface area contributed by atoms with Crippen LogP contribution in [0, 0.1) is 13.8 Å². The van der Waals surface area contributed by atoms with Gasteiger partial charge in [0.15, 0.2) is 0 Å². The highest BCUT2D eigenvalue weighted by molar-refractivity contribution is 7.98. The van der Waals surface area contributed by atoms with Crippen LogP contribution in [0.5, 0.6) is 0 Å². The van der Waals surface area contributed by atoms with Crippen molar-refractivity contribution in [3.63, 3.8) is 0 Å². The Balaban J connectivity index is 1.31. The maximum Gasteiger partial charge on any atom is 0.225 e. The maximum atomic E-state index is 4.96. The van der Waals surface area contributed by atoms with Crippen LogP contribution in [0.1, 0.15) is 53.1 Å². The van der Waals surface area contributed by atoms with Gasteiger partial charge in [0.2, 0.25) is 5.95 Å². The lowest BCUT2D eigenvalue weighted by Crippen LogP contribution is -2.34. The smallest absolute Gasteiger partial charge is 0.225 e. The highest BCUT2D eigenvalue weighted by atomic mass is 32.2. The molecule has 1 aliphatic heterocycles. The quantitative estimate of drug-likeness (QED) is 0.469. The summed E-state index contributed by atoms with van der Waals surface area (Å²) in [5.74, 6) is 2.37. The minimum absolute atomic E-state index is 0.562. The summed E-state index contributed by atoms with van der Waals surface area (Å²) in [6.07, 6.45) is 7.13. The van der Waals surface area contributed by atoms with Crippen molar-refractivity contribution in [1.82, 2.24) is 15.0 Å². The molecule has 1 fully saturated rings. The third-order valence-corrected chi connectivity index (χ3v) is 7.74. The summed E-state index contributed by atoms with van der Waals surface area (Å²) in [6.45, 7) is 8.47. The number of hydrogen-bond donors (Lipinski definition) is 0. The largest absolute Gasteiger partial charge is 0.341 e. The first-order chi connectivity index (χ1) is 14.1. The molecule has 1 aromatic carbocycles. The lowest BCUT2D eigenvalue weighted by Gasteiger charge is -2.31. The molecule has 6 heteroatoms. The van der Waals surface area contributed by atoms with E-state index < -0.39 is 0 Å². The molecule has 29 heavy (non-hydrogen) atoms. The average Bonchev–Trinajstić information content (AvgIpc) is 3.24. The van der Waals surface area contributed by atoms with Gasteiger partial charge in [-0.05, 0) is 61.9 Å². The van der Waals surface area contributed by atoms with Crippen molar-refractivity contribution in [2.75, 3.05) is 18.0 Å². The molecule has 0 unspecified atom stereocenters. The lowest BCUT2D eigenvalue weighted by atomic mass is 9.98. The van der Waals surface area contributed by atoms with E-state index in [-0.39, 0.29) is 0 Å². The monoisotopic (exact) mass is 424 g/mol. The van der Waals surface area contributed by atoms with E-state index >= 15 is 0 Å². The van der Waals surface area contributed by atoms with Gasteiger partial charge >= 0.3 is 0 Å². The van der Waals surface area contributed by atoms with Crippen LogP contribution in [-0.2, 0) is 12.2 Å². The van der Waals surface area contributed by atoms with Crippen molar-refractivity contribution in [2.24, 2.45) is 0 Å². The van der Waals surface area contributed by atoms with Crippen molar-refractivity contribution in [3.05, 3.63) is 63.4 Å². The van der Waals surface area contributed by atoms with E-state index in [4.69, 9.17) is 4.98 Å². The fraction of sp³-hybridized carbons (Fsp3) is 0.435. The number of anilines is 1. The zero-order valence-electron chi connectivity index (χ0n) is 17.4. The Morgan fingerprint density at radius 2 is 1.86 bits per heavy atom. The van der Waals surface area contributed by atoms with Crippen LogP contribution in [0.4, 0.5) is 5.95 Å². The standard InChI is InChI=1S/C23H28N4S2/c1-4-18-12-24-23(25-13-18)27-9-7-19(8-10-27)22-26-20(15-29-22)14-28-21-6-5-16(2)17(3)11-21/h5-6,11-13,15,19H,4,7-10,14H2,1-3H3. The number of piperidine rings is 1. The molecule has 0 bridgehead atoms.